The van der Waals surface area contributed by atoms with Crippen molar-refractivity contribution in [3.05, 3.63) is 0 Å². The van der Waals surface area contributed by atoms with E-state index in [0.717, 1.165) is 11.5 Å². The Kier molecular flexibility index (Phi) is 15.4. The standard InChI is InChI=1S/C5H12N2O2S.C2H7NS/c6-1-2-10-3-4(7)5(8)9;3-1-2-4/h4H,1-3,6-7H2,(H,8,9);4H,1-3H2/t4-;/m0./s1. The van der Waals surface area contributed by atoms with Gasteiger partial charge in [0.05, 0.1) is 0 Å². The number of carbonyl (C=O) groups is 1. The molecule has 0 aliphatic heterocycles. The molecule has 0 rings (SSSR count). The molecule has 0 bridgehead atoms. The van der Waals surface area contributed by atoms with Gasteiger partial charge in [0.2, 0.25) is 0 Å². The summed E-state index contributed by atoms with van der Waals surface area (Å²) >= 11 is 5.25. The van der Waals surface area contributed by atoms with E-state index < -0.39 is 12.0 Å². The second kappa shape index (κ2) is 13.1. The SMILES string of the molecule is NCCS.NCCSC[C@H](N)C(=O)O. The Balaban J connectivity index is 0. The first-order valence-corrected chi connectivity index (χ1v) is 5.96. The quantitative estimate of drug-likeness (QED) is 0.300. The van der Waals surface area contributed by atoms with Gasteiger partial charge in [-0.3, -0.25) is 4.79 Å². The van der Waals surface area contributed by atoms with Gasteiger partial charge >= 0.3 is 5.97 Å². The fraction of sp³-hybridized carbons (Fsp3) is 0.857. The first-order chi connectivity index (χ1) is 6.59. The fourth-order valence-corrected chi connectivity index (χ4v) is 1.09. The largest absolute Gasteiger partial charge is 0.480 e. The highest BCUT2D eigenvalue weighted by molar-refractivity contribution is 7.99. The van der Waals surface area contributed by atoms with Gasteiger partial charge in [0.15, 0.2) is 0 Å². The molecular weight excluding hydrogens is 222 g/mol. The van der Waals surface area contributed by atoms with Crippen molar-refractivity contribution in [2.24, 2.45) is 17.2 Å². The minimum absolute atomic E-state index is 0.437. The molecule has 0 amide bonds. The maximum Gasteiger partial charge on any atom is 0.321 e. The maximum absolute atomic E-state index is 10.1. The summed E-state index contributed by atoms with van der Waals surface area (Å²) in [6, 6.07) is -0.753. The van der Waals surface area contributed by atoms with Gasteiger partial charge < -0.3 is 22.3 Å². The first-order valence-electron chi connectivity index (χ1n) is 4.17. The highest BCUT2D eigenvalue weighted by Crippen LogP contribution is 1.99. The molecule has 0 aromatic carbocycles. The van der Waals surface area contributed by atoms with Crippen LogP contribution >= 0.6 is 24.4 Å². The molecule has 86 valence electrons. The average molecular weight is 241 g/mol. The van der Waals surface area contributed by atoms with Crippen LogP contribution < -0.4 is 17.2 Å². The summed E-state index contributed by atoms with van der Waals surface area (Å²) < 4.78 is 0. The van der Waals surface area contributed by atoms with E-state index in [1.807, 2.05) is 0 Å². The molecule has 7 N–H and O–H groups in total. The van der Waals surface area contributed by atoms with Gasteiger partial charge in [0, 0.05) is 30.3 Å². The maximum atomic E-state index is 10.1. The van der Waals surface area contributed by atoms with Crippen molar-refractivity contribution in [3.63, 3.8) is 0 Å². The third-order valence-electron chi connectivity index (χ3n) is 1.01. The lowest BCUT2D eigenvalue weighted by Crippen LogP contribution is -2.32. The van der Waals surface area contributed by atoms with Crippen molar-refractivity contribution in [3.8, 4) is 0 Å². The lowest BCUT2D eigenvalue weighted by Gasteiger charge is -2.03. The van der Waals surface area contributed by atoms with Crippen molar-refractivity contribution in [2.45, 2.75) is 6.04 Å². The van der Waals surface area contributed by atoms with Crippen LogP contribution in [0.3, 0.4) is 0 Å². The predicted octanol–water partition coefficient (Wildman–Crippen LogP) is -1.03. The molecule has 5 nitrogen and oxygen atoms in total. The molecule has 14 heavy (non-hydrogen) atoms. The summed E-state index contributed by atoms with van der Waals surface area (Å²) in [5.41, 5.74) is 15.3. The van der Waals surface area contributed by atoms with E-state index in [-0.39, 0.29) is 0 Å². The number of thiol groups is 1. The molecule has 0 radical (unpaired) electrons. The minimum atomic E-state index is -0.954. The van der Waals surface area contributed by atoms with Crippen LogP contribution in [-0.2, 0) is 4.79 Å². The van der Waals surface area contributed by atoms with E-state index in [1.54, 1.807) is 0 Å². The van der Waals surface area contributed by atoms with E-state index in [9.17, 15) is 4.79 Å². The Morgan fingerprint density at radius 1 is 1.43 bits per heavy atom. The zero-order chi connectivity index (χ0) is 11.4. The number of hydrogen-bond acceptors (Lipinski definition) is 6. The summed E-state index contributed by atoms with van der Waals surface area (Å²) in [7, 11) is 0. The van der Waals surface area contributed by atoms with Crippen LogP contribution in [0.5, 0.6) is 0 Å². The lowest BCUT2D eigenvalue weighted by atomic mass is 10.4. The first kappa shape index (κ1) is 16.5. The zero-order valence-electron chi connectivity index (χ0n) is 8.06. The van der Waals surface area contributed by atoms with E-state index in [1.165, 1.54) is 11.8 Å². The van der Waals surface area contributed by atoms with Crippen molar-refractivity contribution in [1.82, 2.24) is 0 Å². The molecule has 0 heterocycles. The number of rotatable bonds is 6. The Morgan fingerprint density at radius 2 is 1.93 bits per heavy atom. The third kappa shape index (κ3) is 14.6. The molecule has 0 aliphatic carbocycles. The molecule has 7 heteroatoms. The van der Waals surface area contributed by atoms with Gasteiger partial charge in [0.1, 0.15) is 6.04 Å². The number of carboxylic acids is 1. The van der Waals surface area contributed by atoms with Crippen molar-refractivity contribution >= 4 is 30.4 Å². The van der Waals surface area contributed by atoms with Crippen LogP contribution in [0.4, 0.5) is 0 Å². The second-order valence-electron chi connectivity index (χ2n) is 2.32. The minimum Gasteiger partial charge on any atom is -0.480 e. The van der Waals surface area contributed by atoms with Crippen molar-refractivity contribution < 1.29 is 9.90 Å². The Labute approximate surface area is 94.2 Å². The van der Waals surface area contributed by atoms with Gasteiger partial charge in [-0.2, -0.15) is 24.4 Å². The summed E-state index contributed by atoms with van der Waals surface area (Å²) in [5.74, 6) is 1.04. The predicted molar refractivity (Wildman–Crippen MR) is 64.9 cm³/mol. The summed E-state index contributed by atoms with van der Waals surface area (Å²) in [6.45, 7) is 1.25. The van der Waals surface area contributed by atoms with Gasteiger partial charge in [0.25, 0.3) is 0 Å². The zero-order valence-corrected chi connectivity index (χ0v) is 9.77. The molecule has 0 spiro atoms. The summed E-state index contributed by atoms with van der Waals surface area (Å²) in [6.07, 6.45) is 0. The van der Waals surface area contributed by atoms with E-state index >= 15 is 0 Å². The van der Waals surface area contributed by atoms with Crippen LogP contribution in [0.2, 0.25) is 0 Å². The van der Waals surface area contributed by atoms with Gasteiger partial charge in [-0.15, -0.1) is 0 Å². The van der Waals surface area contributed by atoms with Crippen LogP contribution in [0.25, 0.3) is 0 Å². The molecule has 0 aliphatic rings. The number of nitrogens with two attached hydrogens (primary N) is 3. The summed E-state index contributed by atoms with van der Waals surface area (Å²) in [5, 5.41) is 8.31. The molecule has 0 saturated heterocycles. The van der Waals surface area contributed by atoms with Crippen LogP contribution in [0, 0.1) is 0 Å². The monoisotopic (exact) mass is 241 g/mol. The van der Waals surface area contributed by atoms with E-state index in [2.05, 4.69) is 12.6 Å². The van der Waals surface area contributed by atoms with Gasteiger partial charge in [-0.05, 0) is 0 Å². The Hall–Kier alpha value is 0.0500. The number of aliphatic carboxylic acids is 1. The van der Waals surface area contributed by atoms with Crippen LogP contribution in [0.15, 0.2) is 0 Å². The molecule has 0 saturated carbocycles. The fourth-order valence-electron chi connectivity index (χ4n) is 0.365. The lowest BCUT2D eigenvalue weighted by molar-refractivity contribution is -0.137. The number of carboxylic acid groups (broad SMARTS) is 1. The highest BCUT2D eigenvalue weighted by Gasteiger charge is 2.09. The molecular formula is C7H19N3O2S2. The van der Waals surface area contributed by atoms with Crippen LogP contribution in [-0.4, -0.2) is 47.5 Å². The Morgan fingerprint density at radius 3 is 2.21 bits per heavy atom. The smallest absolute Gasteiger partial charge is 0.321 e. The summed E-state index contributed by atoms with van der Waals surface area (Å²) in [4.78, 5) is 10.1. The normalized spacial score (nSPS) is 11.4. The van der Waals surface area contributed by atoms with Gasteiger partial charge in [-0.25, -0.2) is 0 Å². The molecule has 0 aromatic heterocycles. The van der Waals surface area contributed by atoms with Crippen molar-refractivity contribution in [2.75, 3.05) is 30.3 Å². The molecule has 0 aromatic rings. The Bertz CT molecular complexity index is 136. The van der Waals surface area contributed by atoms with Crippen LogP contribution in [0.1, 0.15) is 0 Å². The number of thioether (sulfide) groups is 1. The van der Waals surface area contributed by atoms with Crippen molar-refractivity contribution in [1.29, 1.82) is 0 Å². The topological polar surface area (TPSA) is 115 Å². The molecule has 1 atom stereocenters. The number of hydrogen-bond donors (Lipinski definition) is 5. The third-order valence-corrected chi connectivity index (χ3v) is 2.38. The second-order valence-corrected chi connectivity index (χ2v) is 3.92. The molecule has 0 fully saturated rings. The molecule has 0 unspecified atom stereocenters. The highest BCUT2D eigenvalue weighted by atomic mass is 32.2. The van der Waals surface area contributed by atoms with Gasteiger partial charge in [-0.1, -0.05) is 0 Å². The van der Waals surface area contributed by atoms with E-state index in [0.29, 0.717) is 18.8 Å². The van der Waals surface area contributed by atoms with E-state index in [4.69, 9.17) is 22.3 Å². The average Bonchev–Trinajstić information content (AvgIpc) is 2.18.